The zero-order valence-corrected chi connectivity index (χ0v) is 19.6. The van der Waals surface area contributed by atoms with E-state index >= 15 is 0 Å². The molecular formula is C25H27F3N4O3. The second-order valence-corrected chi connectivity index (χ2v) is 8.42. The van der Waals surface area contributed by atoms with E-state index in [9.17, 15) is 18.0 Å². The summed E-state index contributed by atoms with van der Waals surface area (Å²) in [4.78, 5) is 14.6. The summed E-state index contributed by atoms with van der Waals surface area (Å²) in [6, 6.07) is 7.75. The molecule has 35 heavy (non-hydrogen) atoms. The number of fused-ring (bicyclic) bond motifs is 1. The third-order valence-corrected chi connectivity index (χ3v) is 5.92. The van der Waals surface area contributed by atoms with Crippen LogP contribution in [0.15, 0.2) is 42.6 Å². The predicted octanol–water partition coefficient (Wildman–Crippen LogP) is 4.96. The Balaban J connectivity index is 1.48. The SMILES string of the molecule is CCCOc1ccc(/C=C/C(=O)N2CCCC(c3nnc4ccc(C(F)(F)F)cn34)C2)cc1OC. The number of likely N-dealkylation sites (tertiary alicyclic amines) is 1. The van der Waals surface area contributed by atoms with Gasteiger partial charge in [0.25, 0.3) is 0 Å². The monoisotopic (exact) mass is 488 g/mol. The number of ether oxygens (including phenoxy) is 2. The Labute approximate surface area is 201 Å². The quantitative estimate of drug-likeness (QED) is 0.440. The summed E-state index contributed by atoms with van der Waals surface area (Å²) in [5.41, 5.74) is 0.367. The number of rotatable bonds is 7. The van der Waals surface area contributed by atoms with Gasteiger partial charge < -0.3 is 14.4 Å². The Bertz CT molecular complexity index is 1220. The molecule has 4 rings (SSSR count). The molecule has 1 aliphatic rings. The van der Waals surface area contributed by atoms with Gasteiger partial charge in [0.05, 0.1) is 19.3 Å². The number of carbonyl (C=O) groups is 1. The first kappa shape index (κ1) is 24.6. The van der Waals surface area contributed by atoms with Crippen LogP contribution in [0.4, 0.5) is 13.2 Å². The molecule has 10 heteroatoms. The summed E-state index contributed by atoms with van der Waals surface area (Å²) in [5, 5.41) is 8.15. The first-order valence-electron chi connectivity index (χ1n) is 11.5. The number of hydrogen-bond donors (Lipinski definition) is 0. The Morgan fingerprint density at radius 2 is 2.03 bits per heavy atom. The second kappa shape index (κ2) is 10.4. The Morgan fingerprint density at radius 1 is 1.20 bits per heavy atom. The average molecular weight is 489 g/mol. The second-order valence-electron chi connectivity index (χ2n) is 8.42. The summed E-state index contributed by atoms with van der Waals surface area (Å²) < 4.78 is 52.0. The minimum atomic E-state index is -4.46. The fourth-order valence-corrected chi connectivity index (χ4v) is 4.13. The lowest BCUT2D eigenvalue weighted by atomic mass is 9.97. The predicted molar refractivity (Wildman–Crippen MR) is 124 cm³/mol. The van der Waals surface area contributed by atoms with Crippen LogP contribution in [0, 0.1) is 0 Å². The van der Waals surface area contributed by atoms with Crippen molar-refractivity contribution < 1.29 is 27.4 Å². The van der Waals surface area contributed by atoms with Gasteiger partial charge in [0.15, 0.2) is 17.1 Å². The van der Waals surface area contributed by atoms with E-state index in [2.05, 4.69) is 10.2 Å². The molecule has 1 aromatic carbocycles. The molecular weight excluding hydrogens is 461 g/mol. The first-order valence-corrected chi connectivity index (χ1v) is 11.5. The maximum Gasteiger partial charge on any atom is 0.417 e. The van der Waals surface area contributed by atoms with Gasteiger partial charge in [-0.05, 0) is 55.2 Å². The molecule has 1 unspecified atom stereocenters. The van der Waals surface area contributed by atoms with Crippen LogP contribution in [-0.2, 0) is 11.0 Å². The summed E-state index contributed by atoms with van der Waals surface area (Å²) in [6.45, 7) is 3.52. The molecule has 3 heterocycles. The molecule has 1 saturated heterocycles. The van der Waals surface area contributed by atoms with Crippen molar-refractivity contribution in [3.8, 4) is 11.5 Å². The number of methoxy groups -OCH3 is 1. The largest absolute Gasteiger partial charge is 0.493 e. The maximum absolute atomic E-state index is 13.2. The van der Waals surface area contributed by atoms with Crippen molar-refractivity contribution in [3.05, 3.63) is 59.6 Å². The molecule has 7 nitrogen and oxygen atoms in total. The topological polar surface area (TPSA) is 69.0 Å². The van der Waals surface area contributed by atoms with Crippen molar-refractivity contribution in [2.24, 2.45) is 0 Å². The van der Waals surface area contributed by atoms with E-state index in [4.69, 9.17) is 9.47 Å². The summed E-state index contributed by atoms with van der Waals surface area (Å²) in [7, 11) is 1.56. The van der Waals surface area contributed by atoms with Crippen LogP contribution in [0.2, 0.25) is 0 Å². The van der Waals surface area contributed by atoms with Gasteiger partial charge in [0, 0.05) is 31.3 Å². The third-order valence-electron chi connectivity index (χ3n) is 5.92. The van der Waals surface area contributed by atoms with Gasteiger partial charge in [-0.2, -0.15) is 13.2 Å². The van der Waals surface area contributed by atoms with Gasteiger partial charge in [0.2, 0.25) is 5.91 Å². The van der Waals surface area contributed by atoms with E-state index in [1.807, 2.05) is 13.0 Å². The van der Waals surface area contributed by atoms with Crippen molar-refractivity contribution in [1.29, 1.82) is 0 Å². The number of piperidine rings is 1. The van der Waals surface area contributed by atoms with Gasteiger partial charge in [-0.3, -0.25) is 9.20 Å². The van der Waals surface area contributed by atoms with Crippen LogP contribution < -0.4 is 9.47 Å². The number of benzene rings is 1. The molecule has 2 aromatic heterocycles. The van der Waals surface area contributed by atoms with Crippen molar-refractivity contribution in [1.82, 2.24) is 19.5 Å². The van der Waals surface area contributed by atoms with Crippen molar-refractivity contribution in [3.63, 3.8) is 0 Å². The Kier molecular flexibility index (Phi) is 7.28. The lowest BCUT2D eigenvalue weighted by molar-refractivity contribution is -0.137. The van der Waals surface area contributed by atoms with Crippen molar-refractivity contribution in [2.75, 3.05) is 26.8 Å². The van der Waals surface area contributed by atoms with Crippen LogP contribution in [0.3, 0.4) is 0 Å². The number of hydrogen-bond acceptors (Lipinski definition) is 5. The van der Waals surface area contributed by atoms with Crippen molar-refractivity contribution in [2.45, 2.75) is 38.3 Å². The lowest BCUT2D eigenvalue weighted by Gasteiger charge is -2.31. The first-order chi connectivity index (χ1) is 16.8. The molecule has 0 bridgehead atoms. The van der Waals surface area contributed by atoms with Gasteiger partial charge in [-0.15, -0.1) is 10.2 Å². The molecule has 1 aliphatic heterocycles. The summed E-state index contributed by atoms with van der Waals surface area (Å²) in [6.07, 6.45) is 2.07. The maximum atomic E-state index is 13.2. The number of aromatic nitrogens is 3. The highest BCUT2D eigenvalue weighted by Crippen LogP contribution is 2.32. The highest BCUT2D eigenvalue weighted by Gasteiger charge is 2.32. The van der Waals surface area contributed by atoms with Crippen molar-refractivity contribution >= 4 is 17.6 Å². The average Bonchev–Trinajstić information content (AvgIpc) is 3.29. The highest BCUT2D eigenvalue weighted by molar-refractivity contribution is 5.92. The van der Waals surface area contributed by atoms with E-state index in [1.165, 1.54) is 16.5 Å². The number of alkyl halides is 3. The number of amides is 1. The molecule has 1 fully saturated rings. The molecule has 0 saturated carbocycles. The van der Waals surface area contributed by atoms with E-state index in [0.29, 0.717) is 49.1 Å². The number of halogens is 3. The number of carbonyl (C=O) groups excluding carboxylic acids is 1. The van der Waals surface area contributed by atoms with Gasteiger partial charge in [0.1, 0.15) is 5.82 Å². The van der Waals surface area contributed by atoms with Crippen LogP contribution in [0.25, 0.3) is 11.7 Å². The van der Waals surface area contributed by atoms with E-state index in [0.717, 1.165) is 30.7 Å². The molecule has 0 spiro atoms. The normalized spacial score (nSPS) is 16.7. The zero-order valence-electron chi connectivity index (χ0n) is 19.6. The molecule has 1 amide bonds. The van der Waals surface area contributed by atoms with Gasteiger partial charge >= 0.3 is 6.18 Å². The standard InChI is InChI=1S/C25H27F3N4O3/c1-3-13-35-20-9-6-17(14-21(20)34-2)7-11-23(33)31-12-4-5-18(15-31)24-30-29-22-10-8-19(16-32(22)24)25(26,27)28/h6-11,14,16,18H,3-5,12-13,15H2,1-2H3/b11-7+. The van der Waals surface area contributed by atoms with Gasteiger partial charge in [-0.25, -0.2) is 0 Å². The molecule has 0 radical (unpaired) electrons. The third kappa shape index (κ3) is 5.58. The Hall–Kier alpha value is -3.56. The fraction of sp³-hybridized carbons (Fsp3) is 0.400. The van der Waals surface area contributed by atoms with Crippen LogP contribution in [0.5, 0.6) is 11.5 Å². The van der Waals surface area contributed by atoms with Gasteiger partial charge in [-0.1, -0.05) is 13.0 Å². The number of pyridine rings is 1. The van der Waals surface area contributed by atoms with E-state index in [-0.39, 0.29) is 11.8 Å². The summed E-state index contributed by atoms with van der Waals surface area (Å²) in [5.74, 6) is 1.27. The minimum Gasteiger partial charge on any atom is -0.493 e. The zero-order chi connectivity index (χ0) is 25.0. The fourth-order valence-electron chi connectivity index (χ4n) is 4.13. The Morgan fingerprint density at radius 3 is 2.77 bits per heavy atom. The van der Waals surface area contributed by atoms with E-state index < -0.39 is 11.7 Å². The molecule has 0 aliphatic carbocycles. The van der Waals surface area contributed by atoms with Crippen LogP contribution in [0.1, 0.15) is 49.1 Å². The van der Waals surface area contributed by atoms with Crippen LogP contribution in [-0.4, -0.2) is 52.2 Å². The smallest absolute Gasteiger partial charge is 0.417 e. The molecule has 1 atom stereocenters. The van der Waals surface area contributed by atoms with Crippen LogP contribution >= 0.6 is 0 Å². The number of nitrogens with zero attached hydrogens (tertiary/aromatic N) is 4. The molecule has 3 aromatic rings. The molecule has 0 N–H and O–H groups in total. The molecule has 186 valence electrons. The summed E-state index contributed by atoms with van der Waals surface area (Å²) >= 11 is 0. The van der Waals surface area contributed by atoms with E-state index in [1.54, 1.807) is 30.2 Å². The lowest BCUT2D eigenvalue weighted by Crippen LogP contribution is -2.38. The highest BCUT2D eigenvalue weighted by atomic mass is 19.4. The minimum absolute atomic E-state index is 0.176.